The Bertz CT molecular complexity index is 1550. The fourth-order valence-electron chi connectivity index (χ4n) is 4.07. The number of fused-ring (bicyclic) bond motifs is 3. The Labute approximate surface area is 197 Å². The van der Waals surface area contributed by atoms with E-state index in [-0.39, 0.29) is 18.1 Å². The lowest BCUT2D eigenvalue weighted by Crippen LogP contribution is -2.03. The number of carboxylic acid groups (broad SMARTS) is 1. The van der Waals surface area contributed by atoms with Crippen molar-refractivity contribution in [2.24, 2.45) is 0 Å². The summed E-state index contributed by atoms with van der Waals surface area (Å²) >= 11 is 0. The summed E-state index contributed by atoms with van der Waals surface area (Å²) in [5, 5.41) is 10.3. The monoisotopic (exact) mass is 480 g/mol. The number of alkyl halides is 3. The highest BCUT2D eigenvalue weighted by Crippen LogP contribution is 2.32. The number of rotatable bonds is 6. The maximum absolute atomic E-state index is 12.8. The fourth-order valence-corrected chi connectivity index (χ4v) is 4.07. The highest BCUT2D eigenvalue weighted by atomic mass is 19.4. The van der Waals surface area contributed by atoms with E-state index in [0.29, 0.717) is 40.1 Å². The zero-order valence-corrected chi connectivity index (χ0v) is 18.5. The van der Waals surface area contributed by atoms with Crippen molar-refractivity contribution < 1.29 is 32.2 Å². The van der Waals surface area contributed by atoms with Gasteiger partial charge in [0.1, 0.15) is 11.5 Å². The third kappa shape index (κ3) is 4.21. The predicted molar refractivity (Wildman–Crippen MR) is 123 cm³/mol. The molecule has 0 aliphatic rings. The second kappa shape index (κ2) is 8.50. The summed E-state index contributed by atoms with van der Waals surface area (Å²) in [4.78, 5) is 16.1. The zero-order chi connectivity index (χ0) is 24.7. The van der Waals surface area contributed by atoms with Crippen LogP contribution in [0, 0.1) is 6.92 Å². The minimum atomic E-state index is -4.40. The molecule has 5 aromatic rings. The molecule has 0 atom stereocenters. The van der Waals surface area contributed by atoms with Crippen molar-refractivity contribution in [1.82, 2.24) is 9.38 Å². The standard InChI is InChI=1S/C26H19F3N2O4/c1-15-22(35-24(30-15)16-6-8-17(9-7-16)26(27,28)29)12-13-34-18-10-11-21-23(25(32)33)19-4-2-3-5-20(19)31(21)14-18/h2-11,14H,12-13H2,1H3,(H,32,33). The summed E-state index contributed by atoms with van der Waals surface area (Å²) in [5.41, 5.74) is 1.91. The van der Waals surface area contributed by atoms with Gasteiger partial charge in [-0.05, 0) is 49.4 Å². The van der Waals surface area contributed by atoms with Gasteiger partial charge in [0.2, 0.25) is 5.89 Å². The molecule has 0 bridgehead atoms. The molecule has 0 unspecified atom stereocenters. The number of oxazole rings is 1. The molecule has 3 aromatic heterocycles. The van der Waals surface area contributed by atoms with Gasteiger partial charge in [-0.15, -0.1) is 0 Å². The summed E-state index contributed by atoms with van der Waals surface area (Å²) in [7, 11) is 0. The molecule has 0 saturated carbocycles. The maximum Gasteiger partial charge on any atom is 0.416 e. The molecular weight excluding hydrogens is 461 g/mol. The molecule has 6 nitrogen and oxygen atoms in total. The van der Waals surface area contributed by atoms with Gasteiger partial charge in [-0.1, -0.05) is 18.2 Å². The Morgan fingerprint density at radius 3 is 2.51 bits per heavy atom. The van der Waals surface area contributed by atoms with Crippen LogP contribution >= 0.6 is 0 Å². The van der Waals surface area contributed by atoms with Crippen LogP contribution in [0.2, 0.25) is 0 Å². The predicted octanol–water partition coefficient (Wildman–Crippen LogP) is 6.39. The lowest BCUT2D eigenvalue weighted by molar-refractivity contribution is -0.137. The fraction of sp³-hybridized carbons (Fsp3) is 0.154. The number of aryl methyl sites for hydroxylation is 1. The van der Waals surface area contributed by atoms with Crippen molar-refractivity contribution in [3.8, 4) is 17.2 Å². The minimum absolute atomic E-state index is 0.236. The van der Waals surface area contributed by atoms with Crippen LogP contribution in [0.4, 0.5) is 13.2 Å². The van der Waals surface area contributed by atoms with E-state index in [1.54, 1.807) is 41.8 Å². The highest BCUT2D eigenvalue weighted by molar-refractivity contribution is 6.11. The first-order chi connectivity index (χ1) is 16.7. The number of hydrogen-bond acceptors (Lipinski definition) is 4. The molecule has 3 heterocycles. The molecule has 0 aliphatic heterocycles. The van der Waals surface area contributed by atoms with Crippen molar-refractivity contribution in [2.75, 3.05) is 6.61 Å². The molecule has 0 amide bonds. The normalized spacial score (nSPS) is 11.9. The van der Waals surface area contributed by atoms with Crippen molar-refractivity contribution >= 4 is 22.4 Å². The van der Waals surface area contributed by atoms with Crippen molar-refractivity contribution in [2.45, 2.75) is 19.5 Å². The Hall–Kier alpha value is -4.27. The molecule has 35 heavy (non-hydrogen) atoms. The average molecular weight is 480 g/mol. The molecule has 178 valence electrons. The number of aromatic nitrogens is 2. The van der Waals surface area contributed by atoms with Crippen molar-refractivity contribution in [3.63, 3.8) is 0 Å². The van der Waals surface area contributed by atoms with Gasteiger partial charge >= 0.3 is 12.1 Å². The highest BCUT2D eigenvalue weighted by Gasteiger charge is 2.30. The molecule has 0 radical (unpaired) electrons. The van der Waals surface area contributed by atoms with Gasteiger partial charge < -0.3 is 18.7 Å². The maximum atomic E-state index is 12.8. The van der Waals surface area contributed by atoms with E-state index in [4.69, 9.17) is 9.15 Å². The van der Waals surface area contributed by atoms with Crippen LogP contribution in [0.15, 0.2) is 71.3 Å². The van der Waals surface area contributed by atoms with E-state index in [0.717, 1.165) is 17.6 Å². The van der Waals surface area contributed by atoms with Crippen LogP contribution in [0.3, 0.4) is 0 Å². The smallest absolute Gasteiger partial charge is 0.416 e. The minimum Gasteiger partial charge on any atom is -0.492 e. The molecular formula is C26H19F3N2O4. The molecule has 5 rings (SSSR count). The van der Waals surface area contributed by atoms with Gasteiger partial charge in [0.15, 0.2) is 0 Å². The van der Waals surface area contributed by atoms with Crippen LogP contribution in [-0.2, 0) is 12.6 Å². The molecule has 0 aliphatic carbocycles. The first-order valence-electron chi connectivity index (χ1n) is 10.7. The number of benzene rings is 2. The largest absolute Gasteiger partial charge is 0.492 e. The second-order valence-electron chi connectivity index (χ2n) is 8.02. The van der Waals surface area contributed by atoms with E-state index in [1.165, 1.54) is 12.1 Å². The Kier molecular flexibility index (Phi) is 5.47. The van der Waals surface area contributed by atoms with E-state index in [9.17, 15) is 23.1 Å². The SMILES string of the molecule is Cc1nc(-c2ccc(C(F)(F)F)cc2)oc1CCOc1ccc2c(C(=O)O)c3ccccc3n2c1. The third-order valence-corrected chi connectivity index (χ3v) is 5.77. The summed E-state index contributed by atoms with van der Waals surface area (Å²) in [5.74, 6) is 0.366. The number of hydrogen-bond donors (Lipinski definition) is 1. The third-order valence-electron chi connectivity index (χ3n) is 5.77. The Morgan fingerprint density at radius 1 is 1.06 bits per heavy atom. The number of carboxylic acids is 1. The van der Waals surface area contributed by atoms with E-state index < -0.39 is 17.7 Å². The van der Waals surface area contributed by atoms with Gasteiger partial charge in [0.25, 0.3) is 0 Å². The first kappa shape index (κ1) is 22.5. The summed E-state index contributed by atoms with van der Waals surface area (Å²) < 4.78 is 51.8. The van der Waals surface area contributed by atoms with Gasteiger partial charge in [-0.25, -0.2) is 9.78 Å². The number of para-hydroxylation sites is 1. The number of nitrogens with zero attached hydrogens (tertiary/aromatic N) is 2. The number of aromatic carboxylic acids is 1. The Balaban J connectivity index is 1.32. The number of halogens is 3. The zero-order valence-electron chi connectivity index (χ0n) is 18.5. The number of ether oxygens (including phenoxy) is 1. The van der Waals surface area contributed by atoms with E-state index in [2.05, 4.69) is 4.98 Å². The quantitative estimate of drug-likeness (QED) is 0.305. The van der Waals surface area contributed by atoms with Crippen LogP contribution in [0.25, 0.3) is 27.9 Å². The van der Waals surface area contributed by atoms with Crippen LogP contribution < -0.4 is 4.74 Å². The molecule has 0 saturated heterocycles. The lowest BCUT2D eigenvalue weighted by atomic mass is 10.1. The first-order valence-corrected chi connectivity index (χ1v) is 10.7. The summed E-state index contributed by atoms with van der Waals surface area (Å²) in [6.07, 6.45) is -2.27. The summed E-state index contributed by atoms with van der Waals surface area (Å²) in [6.45, 7) is 2.02. The van der Waals surface area contributed by atoms with Gasteiger partial charge in [-0.2, -0.15) is 13.2 Å². The van der Waals surface area contributed by atoms with Crippen molar-refractivity contribution in [3.05, 3.63) is 89.4 Å². The average Bonchev–Trinajstić information content (AvgIpc) is 3.36. The topological polar surface area (TPSA) is 77.0 Å². The van der Waals surface area contributed by atoms with Gasteiger partial charge in [0, 0.05) is 17.4 Å². The number of pyridine rings is 1. The van der Waals surface area contributed by atoms with Crippen LogP contribution in [0.1, 0.15) is 27.4 Å². The summed E-state index contributed by atoms with van der Waals surface area (Å²) in [6, 6.07) is 15.3. The Morgan fingerprint density at radius 2 is 1.80 bits per heavy atom. The van der Waals surface area contributed by atoms with Crippen molar-refractivity contribution in [1.29, 1.82) is 0 Å². The van der Waals surface area contributed by atoms with E-state index in [1.807, 2.05) is 12.1 Å². The van der Waals surface area contributed by atoms with Crippen LogP contribution in [-0.4, -0.2) is 27.1 Å². The number of carbonyl (C=O) groups is 1. The lowest BCUT2D eigenvalue weighted by Gasteiger charge is -2.07. The van der Waals surface area contributed by atoms with E-state index >= 15 is 0 Å². The molecule has 2 aromatic carbocycles. The molecule has 9 heteroatoms. The van der Waals surface area contributed by atoms with Gasteiger partial charge in [-0.3, -0.25) is 0 Å². The van der Waals surface area contributed by atoms with Crippen LogP contribution in [0.5, 0.6) is 5.75 Å². The molecule has 0 spiro atoms. The molecule has 1 N–H and O–H groups in total. The second-order valence-corrected chi connectivity index (χ2v) is 8.02. The van der Waals surface area contributed by atoms with Gasteiger partial charge in [0.05, 0.1) is 40.7 Å². The molecule has 0 fully saturated rings.